The van der Waals surface area contributed by atoms with Gasteiger partial charge in [-0.25, -0.2) is 0 Å². The van der Waals surface area contributed by atoms with Crippen LogP contribution in [0.2, 0.25) is 0 Å². The second-order valence-electron chi connectivity index (χ2n) is 3.24. The van der Waals surface area contributed by atoms with E-state index < -0.39 is 0 Å². The molecule has 3 rings (SSSR count). The van der Waals surface area contributed by atoms with E-state index >= 15 is 0 Å². The van der Waals surface area contributed by atoms with Gasteiger partial charge in [-0.1, -0.05) is 24.3 Å². The van der Waals surface area contributed by atoms with Crippen LogP contribution in [0.1, 0.15) is 11.1 Å². The lowest BCUT2D eigenvalue weighted by Crippen LogP contribution is -2.01. The van der Waals surface area contributed by atoms with Crippen LogP contribution in [0.4, 0.5) is 0 Å². The van der Waals surface area contributed by atoms with Gasteiger partial charge in [0.15, 0.2) is 6.33 Å². The van der Waals surface area contributed by atoms with Gasteiger partial charge in [-0.15, -0.1) is 15.0 Å². The maximum atomic E-state index is 4.01. The smallest absolute Gasteiger partial charge is 0.135 e. The van der Waals surface area contributed by atoms with Crippen LogP contribution in [0.15, 0.2) is 30.6 Å². The van der Waals surface area contributed by atoms with Crippen molar-refractivity contribution in [2.24, 2.45) is 0 Å². The fraction of sp³-hybridized carbons (Fsp3) is 0.100. The van der Waals surface area contributed by atoms with E-state index in [2.05, 4.69) is 33.6 Å². The Bertz CT molecular complexity index is 485. The Morgan fingerprint density at radius 1 is 1.21 bits per heavy atom. The lowest BCUT2D eigenvalue weighted by Gasteiger charge is -1.97. The predicted octanol–water partition coefficient (Wildman–Crippen LogP) is 1.23. The molecular formula is C10H8N4. The summed E-state index contributed by atoms with van der Waals surface area (Å²) in [6.45, 7) is 0. The monoisotopic (exact) mass is 184 g/mol. The normalized spacial score (nSPS) is 13.9. The van der Waals surface area contributed by atoms with Gasteiger partial charge in [-0.2, -0.15) is 0 Å². The lowest BCUT2D eigenvalue weighted by atomic mass is 10.1. The first kappa shape index (κ1) is 7.44. The van der Waals surface area contributed by atoms with E-state index in [1.807, 2.05) is 12.1 Å². The molecule has 0 N–H and O–H groups in total. The summed E-state index contributed by atoms with van der Waals surface area (Å²) in [5, 5.41) is 11.6. The van der Waals surface area contributed by atoms with Crippen molar-refractivity contribution >= 4 is 11.8 Å². The van der Waals surface area contributed by atoms with Gasteiger partial charge >= 0.3 is 0 Å². The van der Waals surface area contributed by atoms with Crippen molar-refractivity contribution in [1.29, 1.82) is 0 Å². The largest absolute Gasteiger partial charge is 0.162 e. The summed E-state index contributed by atoms with van der Waals surface area (Å²) in [6.07, 6.45) is 4.42. The number of hydrogen-bond acceptors (Lipinski definition) is 3. The van der Waals surface area contributed by atoms with Crippen LogP contribution >= 0.6 is 0 Å². The molecule has 1 aromatic carbocycles. The van der Waals surface area contributed by atoms with E-state index in [1.165, 1.54) is 17.5 Å². The van der Waals surface area contributed by atoms with Crippen LogP contribution in [0, 0.1) is 0 Å². The maximum absolute atomic E-state index is 4.01. The Balaban J connectivity index is 2.04. The molecular weight excluding hydrogens is 176 g/mol. The van der Waals surface area contributed by atoms with Gasteiger partial charge in [-0.05, 0) is 22.4 Å². The van der Waals surface area contributed by atoms with Crippen molar-refractivity contribution in [3.63, 3.8) is 0 Å². The average molecular weight is 184 g/mol. The van der Waals surface area contributed by atoms with Gasteiger partial charge in [0, 0.05) is 6.42 Å². The molecule has 4 nitrogen and oxygen atoms in total. The molecule has 0 atom stereocenters. The summed E-state index contributed by atoms with van der Waals surface area (Å²) >= 11 is 0. The number of rotatable bonds is 1. The molecule has 0 unspecified atom stereocenters. The van der Waals surface area contributed by atoms with Crippen molar-refractivity contribution in [3.8, 4) is 0 Å². The summed E-state index contributed by atoms with van der Waals surface area (Å²) < 4.78 is 0. The number of nitrogens with zero attached hydrogens (tertiary/aromatic N) is 4. The van der Waals surface area contributed by atoms with E-state index in [0.29, 0.717) is 0 Å². The SMILES string of the molecule is C1=C(n2ncnn2)Cc2ccccc21. The van der Waals surface area contributed by atoms with Gasteiger partial charge in [-0.3, -0.25) is 0 Å². The zero-order valence-electron chi connectivity index (χ0n) is 7.46. The third-order valence-electron chi connectivity index (χ3n) is 2.35. The first-order chi connectivity index (χ1) is 6.93. The third-order valence-corrected chi connectivity index (χ3v) is 2.35. The molecule has 1 aliphatic rings. The fourth-order valence-electron chi connectivity index (χ4n) is 1.69. The Morgan fingerprint density at radius 3 is 2.93 bits per heavy atom. The second kappa shape index (κ2) is 2.77. The number of hydrogen-bond donors (Lipinski definition) is 0. The van der Waals surface area contributed by atoms with Crippen LogP contribution in [-0.4, -0.2) is 20.2 Å². The standard InChI is InChI=1S/C10H8N4/c1-2-4-9-6-10(5-8(9)3-1)14-12-7-11-13-14/h1-5,7H,6H2. The van der Waals surface area contributed by atoms with Crippen molar-refractivity contribution in [1.82, 2.24) is 20.2 Å². The maximum Gasteiger partial charge on any atom is 0.162 e. The molecule has 1 aromatic heterocycles. The highest BCUT2D eigenvalue weighted by molar-refractivity contribution is 5.79. The van der Waals surface area contributed by atoms with Crippen LogP contribution in [0.25, 0.3) is 11.8 Å². The molecule has 0 saturated heterocycles. The molecule has 0 bridgehead atoms. The van der Waals surface area contributed by atoms with Gasteiger partial charge in [0.2, 0.25) is 0 Å². The first-order valence-corrected chi connectivity index (χ1v) is 4.45. The fourth-order valence-corrected chi connectivity index (χ4v) is 1.69. The highest BCUT2D eigenvalue weighted by Crippen LogP contribution is 2.25. The third kappa shape index (κ3) is 1.04. The Labute approximate surface area is 80.9 Å². The van der Waals surface area contributed by atoms with Gasteiger partial charge in [0.25, 0.3) is 0 Å². The molecule has 0 fully saturated rings. The van der Waals surface area contributed by atoms with Crippen LogP contribution in [0.5, 0.6) is 0 Å². The van der Waals surface area contributed by atoms with Crippen molar-refractivity contribution in [2.45, 2.75) is 6.42 Å². The predicted molar refractivity (Wildman–Crippen MR) is 52.1 cm³/mol. The number of benzene rings is 1. The molecule has 0 saturated carbocycles. The van der Waals surface area contributed by atoms with Crippen LogP contribution in [-0.2, 0) is 6.42 Å². The lowest BCUT2D eigenvalue weighted by molar-refractivity contribution is 0.726. The van der Waals surface area contributed by atoms with Crippen molar-refractivity contribution in [3.05, 3.63) is 41.7 Å². The molecule has 0 spiro atoms. The van der Waals surface area contributed by atoms with Gasteiger partial charge in [0.1, 0.15) is 0 Å². The number of aromatic nitrogens is 4. The summed E-state index contributed by atoms with van der Waals surface area (Å²) in [5.74, 6) is 0. The molecule has 1 aliphatic carbocycles. The van der Waals surface area contributed by atoms with E-state index in [4.69, 9.17) is 0 Å². The molecule has 2 aromatic rings. The van der Waals surface area contributed by atoms with Gasteiger partial charge < -0.3 is 0 Å². The average Bonchev–Trinajstić information content (AvgIpc) is 2.86. The Hall–Kier alpha value is -1.97. The Kier molecular flexibility index (Phi) is 1.47. The molecule has 0 amide bonds. The zero-order chi connectivity index (χ0) is 9.38. The summed E-state index contributed by atoms with van der Waals surface area (Å²) in [7, 11) is 0. The molecule has 0 aliphatic heterocycles. The van der Waals surface area contributed by atoms with E-state index in [9.17, 15) is 0 Å². The second-order valence-corrected chi connectivity index (χ2v) is 3.24. The highest BCUT2D eigenvalue weighted by Gasteiger charge is 2.14. The van der Waals surface area contributed by atoms with E-state index in [1.54, 1.807) is 4.80 Å². The Morgan fingerprint density at radius 2 is 2.14 bits per heavy atom. The number of tetrazole rings is 1. The van der Waals surface area contributed by atoms with E-state index in [0.717, 1.165) is 12.1 Å². The minimum atomic E-state index is 0.881. The molecule has 14 heavy (non-hydrogen) atoms. The first-order valence-electron chi connectivity index (χ1n) is 4.45. The van der Waals surface area contributed by atoms with Crippen molar-refractivity contribution in [2.75, 3.05) is 0 Å². The van der Waals surface area contributed by atoms with Crippen LogP contribution in [0.3, 0.4) is 0 Å². The number of allylic oxidation sites excluding steroid dienone is 1. The molecule has 1 heterocycles. The molecule has 4 heteroatoms. The molecule has 68 valence electrons. The zero-order valence-corrected chi connectivity index (χ0v) is 7.46. The highest BCUT2D eigenvalue weighted by atomic mass is 15.6. The van der Waals surface area contributed by atoms with Crippen LogP contribution < -0.4 is 0 Å². The minimum Gasteiger partial charge on any atom is -0.135 e. The van der Waals surface area contributed by atoms with Gasteiger partial charge in [0.05, 0.1) is 5.70 Å². The summed E-state index contributed by atoms with van der Waals surface area (Å²) in [6, 6.07) is 8.30. The van der Waals surface area contributed by atoms with E-state index in [-0.39, 0.29) is 0 Å². The molecule has 0 radical (unpaired) electrons. The summed E-state index contributed by atoms with van der Waals surface area (Å²) in [4.78, 5) is 1.57. The van der Waals surface area contributed by atoms with Crippen molar-refractivity contribution < 1.29 is 0 Å². The number of fused-ring (bicyclic) bond motifs is 1. The minimum absolute atomic E-state index is 0.881. The quantitative estimate of drug-likeness (QED) is 0.669. The topological polar surface area (TPSA) is 43.6 Å². The summed E-state index contributed by atoms with van der Waals surface area (Å²) in [5.41, 5.74) is 3.64.